The number of ether oxygens (including phenoxy) is 1. The zero-order chi connectivity index (χ0) is 10.4. The summed E-state index contributed by atoms with van der Waals surface area (Å²) in [5.41, 5.74) is 3.97. The Bertz CT molecular complexity index is 281. The highest BCUT2D eigenvalue weighted by atomic mass is 79.9. The number of benzene rings is 1. The predicted octanol–water partition coefficient (Wildman–Crippen LogP) is 1.47. The van der Waals surface area contributed by atoms with Crippen LogP contribution in [0.3, 0.4) is 0 Å². The van der Waals surface area contributed by atoms with E-state index in [1.54, 1.807) is 7.11 Å². The highest BCUT2D eigenvalue weighted by Crippen LogP contribution is 2.12. The topological polar surface area (TPSA) is 47.3 Å². The first-order chi connectivity index (χ1) is 6.76. The molecule has 14 heavy (non-hydrogen) atoms. The molecule has 0 amide bonds. The molecule has 4 heteroatoms. The molecule has 1 aromatic rings. The van der Waals surface area contributed by atoms with Gasteiger partial charge in [0.15, 0.2) is 0 Å². The van der Waals surface area contributed by atoms with Crippen LogP contribution in [0.15, 0.2) is 28.7 Å². The Kier molecular flexibility index (Phi) is 5.11. The van der Waals surface area contributed by atoms with E-state index in [2.05, 4.69) is 33.5 Å². The van der Waals surface area contributed by atoms with Gasteiger partial charge in [0, 0.05) is 17.6 Å². The van der Waals surface area contributed by atoms with Crippen molar-refractivity contribution in [1.82, 2.24) is 5.43 Å². The van der Waals surface area contributed by atoms with E-state index >= 15 is 0 Å². The van der Waals surface area contributed by atoms with E-state index in [0.29, 0.717) is 6.61 Å². The second-order valence-electron chi connectivity index (χ2n) is 3.15. The fourth-order valence-corrected chi connectivity index (χ4v) is 1.76. The number of hydrogen-bond donors (Lipinski definition) is 2. The highest BCUT2D eigenvalue weighted by molar-refractivity contribution is 9.10. The van der Waals surface area contributed by atoms with Crippen molar-refractivity contribution in [2.24, 2.45) is 5.84 Å². The van der Waals surface area contributed by atoms with Crippen LogP contribution in [-0.4, -0.2) is 19.8 Å². The van der Waals surface area contributed by atoms with Gasteiger partial charge in [0.1, 0.15) is 0 Å². The number of halogens is 1. The highest BCUT2D eigenvalue weighted by Gasteiger charge is 2.06. The molecule has 0 aliphatic heterocycles. The quantitative estimate of drug-likeness (QED) is 0.621. The van der Waals surface area contributed by atoms with Gasteiger partial charge in [0.2, 0.25) is 0 Å². The third-order valence-corrected chi connectivity index (χ3v) is 2.47. The Balaban J connectivity index is 2.57. The number of nitrogens with two attached hydrogens (primary N) is 1. The second-order valence-corrected chi connectivity index (χ2v) is 4.07. The molecule has 0 heterocycles. The van der Waals surface area contributed by atoms with Crippen molar-refractivity contribution < 1.29 is 4.74 Å². The summed E-state index contributed by atoms with van der Waals surface area (Å²) in [6.07, 6.45) is 0.865. The molecule has 78 valence electrons. The Morgan fingerprint density at radius 2 is 2.36 bits per heavy atom. The van der Waals surface area contributed by atoms with Crippen molar-refractivity contribution in [3.8, 4) is 0 Å². The fourth-order valence-electron chi connectivity index (χ4n) is 1.32. The minimum Gasteiger partial charge on any atom is -0.383 e. The Hall–Kier alpha value is -0.420. The molecule has 1 aromatic carbocycles. The molecular formula is C10H15BrN2O. The van der Waals surface area contributed by atoms with Crippen LogP contribution in [0.5, 0.6) is 0 Å². The number of hydrazine groups is 1. The van der Waals surface area contributed by atoms with Gasteiger partial charge >= 0.3 is 0 Å². The minimum atomic E-state index is 0.161. The number of methoxy groups -OCH3 is 1. The molecule has 3 nitrogen and oxygen atoms in total. The Morgan fingerprint density at radius 3 is 2.93 bits per heavy atom. The molecule has 1 atom stereocenters. The van der Waals surface area contributed by atoms with Crippen molar-refractivity contribution >= 4 is 15.9 Å². The van der Waals surface area contributed by atoms with E-state index in [1.807, 2.05) is 12.1 Å². The van der Waals surface area contributed by atoms with Crippen molar-refractivity contribution in [2.75, 3.05) is 13.7 Å². The summed E-state index contributed by atoms with van der Waals surface area (Å²) in [6.45, 7) is 0.614. The van der Waals surface area contributed by atoms with Gasteiger partial charge in [0.25, 0.3) is 0 Å². The second kappa shape index (κ2) is 6.14. The summed E-state index contributed by atoms with van der Waals surface area (Å²) >= 11 is 3.43. The molecule has 0 saturated heterocycles. The summed E-state index contributed by atoms with van der Waals surface area (Å²) in [6, 6.07) is 8.34. The van der Waals surface area contributed by atoms with E-state index < -0.39 is 0 Å². The number of nitrogens with one attached hydrogen (secondary N) is 1. The van der Waals surface area contributed by atoms with Crippen LogP contribution in [-0.2, 0) is 11.2 Å². The van der Waals surface area contributed by atoms with Gasteiger partial charge < -0.3 is 4.74 Å². The normalized spacial score (nSPS) is 12.8. The number of hydrogen-bond acceptors (Lipinski definition) is 3. The summed E-state index contributed by atoms with van der Waals surface area (Å²) in [5.74, 6) is 5.40. The predicted molar refractivity (Wildman–Crippen MR) is 60.8 cm³/mol. The molecule has 1 unspecified atom stereocenters. The lowest BCUT2D eigenvalue weighted by atomic mass is 10.1. The monoisotopic (exact) mass is 258 g/mol. The first-order valence-corrected chi connectivity index (χ1v) is 5.25. The van der Waals surface area contributed by atoms with Crippen molar-refractivity contribution in [3.63, 3.8) is 0 Å². The molecular weight excluding hydrogens is 244 g/mol. The molecule has 1 rings (SSSR count). The van der Waals surface area contributed by atoms with Crippen LogP contribution in [0.4, 0.5) is 0 Å². The molecule has 0 aliphatic carbocycles. The van der Waals surface area contributed by atoms with Gasteiger partial charge in [-0.05, 0) is 24.1 Å². The standard InChI is InChI=1S/C10H15BrN2O/c1-14-7-10(13-12)6-8-3-2-4-9(11)5-8/h2-5,10,13H,6-7,12H2,1H3. The van der Waals surface area contributed by atoms with Crippen LogP contribution in [0, 0.1) is 0 Å². The van der Waals surface area contributed by atoms with Crippen LogP contribution < -0.4 is 11.3 Å². The van der Waals surface area contributed by atoms with E-state index in [4.69, 9.17) is 10.6 Å². The largest absolute Gasteiger partial charge is 0.383 e. The SMILES string of the molecule is COCC(Cc1cccc(Br)c1)NN. The van der Waals surface area contributed by atoms with Gasteiger partial charge in [-0.3, -0.25) is 11.3 Å². The summed E-state index contributed by atoms with van der Waals surface area (Å²) < 4.78 is 6.13. The molecule has 3 N–H and O–H groups in total. The van der Waals surface area contributed by atoms with Crippen LogP contribution in [0.2, 0.25) is 0 Å². The van der Waals surface area contributed by atoms with E-state index in [1.165, 1.54) is 5.56 Å². The molecule has 0 bridgehead atoms. The molecule has 0 spiro atoms. The van der Waals surface area contributed by atoms with Crippen molar-refractivity contribution in [3.05, 3.63) is 34.3 Å². The zero-order valence-corrected chi connectivity index (χ0v) is 9.75. The van der Waals surface area contributed by atoms with Crippen LogP contribution in [0.1, 0.15) is 5.56 Å². The zero-order valence-electron chi connectivity index (χ0n) is 8.16. The van der Waals surface area contributed by atoms with E-state index in [0.717, 1.165) is 10.9 Å². The maximum atomic E-state index is 5.40. The molecule has 0 aliphatic rings. The average Bonchev–Trinajstić information content (AvgIpc) is 2.17. The summed E-state index contributed by atoms with van der Waals surface area (Å²) in [4.78, 5) is 0. The minimum absolute atomic E-state index is 0.161. The lowest BCUT2D eigenvalue weighted by Crippen LogP contribution is -2.40. The molecule has 0 radical (unpaired) electrons. The van der Waals surface area contributed by atoms with Crippen LogP contribution >= 0.6 is 15.9 Å². The lowest BCUT2D eigenvalue weighted by molar-refractivity contribution is 0.166. The third kappa shape index (κ3) is 3.75. The Labute approximate surface area is 92.7 Å². The first-order valence-electron chi connectivity index (χ1n) is 4.45. The smallest absolute Gasteiger partial charge is 0.0632 e. The molecule has 0 aromatic heterocycles. The van der Waals surface area contributed by atoms with Gasteiger partial charge in [-0.2, -0.15) is 0 Å². The first kappa shape index (κ1) is 11.7. The van der Waals surface area contributed by atoms with Gasteiger partial charge in [-0.1, -0.05) is 28.1 Å². The van der Waals surface area contributed by atoms with Crippen molar-refractivity contribution in [2.45, 2.75) is 12.5 Å². The summed E-state index contributed by atoms with van der Waals surface area (Å²) in [5, 5.41) is 0. The maximum Gasteiger partial charge on any atom is 0.0632 e. The van der Waals surface area contributed by atoms with Crippen LogP contribution in [0.25, 0.3) is 0 Å². The molecule has 0 fully saturated rings. The van der Waals surface area contributed by atoms with E-state index in [9.17, 15) is 0 Å². The van der Waals surface area contributed by atoms with Gasteiger partial charge in [-0.15, -0.1) is 0 Å². The Morgan fingerprint density at radius 1 is 1.57 bits per heavy atom. The number of rotatable bonds is 5. The van der Waals surface area contributed by atoms with E-state index in [-0.39, 0.29) is 6.04 Å². The summed E-state index contributed by atoms with van der Waals surface area (Å²) in [7, 11) is 1.67. The van der Waals surface area contributed by atoms with Gasteiger partial charge in [0.05, 0.1) is 6.61 Å². The maximum absolute atomic E-state index is 5.40. The third-order valence-electron chi connectivity index (χ3n) is 1.97. The lowest BCUT2D eigenvalue weighted by Gasteiger charge is -2.14. The van der Waals surface area contributed by atoms with Crippen molar-refractivity contribution in [1.29, 1.82) is 0 Å². The molecule has 0 saturated carbocycles. The average molecular weight is 259 g/mol. The van der Waals surface area contributed by atoms with Gasteiger partial charge in [-0.25, -0.2) is 0 Å². The fraction of sp³-hybridized carbons (Fsp3) is 0.400.